The molecule has 14 heavy (non-hydrogen) atoms. The highest BCUT2D eigenvalue weighted by Crippen LogP contribution is 2.92. The summed E-state index contributed by atoms with van der Waals surface area (Å²) in [6.45, 7) is 0. The molecule has 1 atom stereocenters. The highest BCUT2D eigenvalue weighted by molar-refractivity contribution is 5.79. The summed E-state index contributed by atoms with van der Waals surface area (Å²) < 4.78 is 0. The Morgan fingerprint density at radius 2 is 1.57 bits per heavy atom. The third-order valence-corrected chi connectivity index (χ3v) is 5.35. The van der Waals surface area contributed by atoms with Gasteiger partial charge in [0.15, 0.2) is 0 Å². The van der Waals surface area contributed by atoms with E-state index < -0.39 is 5.97 Å². The van der Waals surface area contributed by atoms with E-state index in [0.29, 0.717) is 10.8 Å². The standard InChI is InChI=1S/C12H16O2/c13-10(14)9-11(5-6-11)12(9,7-1-2-7)8-3-4-8/h7-9H,1-6H2,(H,13,14). The van der Waals surface area contributed by atoms with E-state index in [9.17, 15) is 9.90 Å². The zero-order valence-electron chi connectivity index (χ0n) is 8.33. The maximum atomic E-state index is 11.3. The molecular formula is C12H16O2. The van der Waals surface area contributed by atoms with E-state index in [-0.39, 0.29) is 5.92 Å². The van der Waals surface area contributed by atoms with Crippen molar-refractivity contribution in [3.8, 4) is 0 Å². The molecule has 0 saturated heterocycles. The van der Waals surface area contributed by atoms with Crippen LogP contribution in [0.4, 0.5) is 0 Å². The van der Waals surface area contributed by atoms with Gasteiger partial charge in [0, 0.05) is 0 Å². The minimum absolute atomic E-state index is 0.0648. The Morgan fingerprint density at radius 1 is 1.07 bits per heavy atom. The van der Waals surface area contributed by atoms with E-state index in [0.717, 1.165) is 11.8 Å². The van der Waals surface area contributed by atoms with Gasteiger partial charge >= 0.3 is 5.97 Å². The number of aliphatic carboxylic acids is 1. The Balaban J connectivity index is 1.76. The monoisotopic (exact) mass is 192 g/mol. The van der Waals surface area contributed by atoms with Gasteiger partial charge in [0.05, 0.1) is 5.92 Å². The Kier molecular flexibility index (Phi) is 1.04. The zero-order chi connectivity index (χ0) is 9.55. The van der Waals surface area contributed by atoms with Gasteiger partial charge in [0.1, 0.15) is 0 Å². The van der Waals surface area contributed by atoms with Crippen molar-refractivity contribution >= 4 is 5.97 Å². The molecule has 76 valence electrons. The third kappa shape index (κ3) is 0.608. The second kappa shape index (κ2) is 1.89. The Morgan fingerprint density at radius 3 is 1.79 bits per heavy atom. The van der Waals surface area contributed by atoms with Gasteiger partial charge in [-0.1, -0.05) is 0 Å². The number of rotatable bonds is 3. The smallest absolute Gasteiger partial charge is 0.307 e. The molecule has 0 aromatic heterocycles. The Bertz CT molecular complexity index is 309. The normalized spacial score (nSPS) is 41.0. The molecule has 4 aliphatic rings. The van der Waals surface area contributed by atoms with E-state index in [1.54, 1.807) is 0 Å². The van der Waals surface area contributed by atoms with Crippen LogP contribution >= 0.6 is 0 Å². The van der Waals surface area contributed by atoms with Crippen molar-refractivity contribution in [3.05, 3.63) is 0 Å². The van der Waals surface area contributed by atoms with Crippen molar-refractivity contribution in [2.24, 2.45) is 28.6 Å². The molecule has 2 nitrogen and oxygen atoms in total. The molecule has 0 aliphatic heterocycles. The molecule has 1 spiro atoms. The van der Waals surface area contributed by atoms with Crippen molar-refractivity contribution in [1.82, 2.24) is 0 Å². The van der Waals surface area contributed by atoms with Crippen LogP contribution < -0.4 is 0 Å². The minimum atomic E-state index is -0.485. The lowest BCUT2D eigenvalue weighted by Crippen LogP contribution is -2.15. The number of hydrogen-bond acceptors (Lipinski definition) is 1. The molecule has 0 bridgehead atoms. The maximum Gasteiger partial charge on any atom is 0.307 e. The Labute approximate surface area is 83.7 Å². The molecule has 0 aromatic carbocycles. The van der Waals surface area contributed by atoms with Crippen LogP contribution in [0.2, 0.25) is 0 Å². The highest BCUT2D eigenvalue weighted by Gasteiger charge is 2.90. The molecule has 4 saturated carbocycles. The van der Waals surface area contributed by atoms with Gasteiger partial charge in [-0.3, -0.25) is 4.79 Å². The molecule has 4 aliphatic carbocycles. The zero-order valence-corrected chi connectivity index (χ0v) is 8.33. The van der Waals surface area contributed by atoms with Crippen LogP contribution in [0.1, 0.15) is 38.5 Å². The summed E-state index contributed by atoms with van der Waals surface area (Å²) in [6, 6.07) is 0. The summed E-state index contributed by atoms with van der Waals surface area (Å²) in [6.07, 6.45) is 7.72. The fraction of sp³-hybridized carbons (Fsp3) is 0.917. The first kappa shape index (κ1) is 7.72. The Hall–Kier alpha value is -0.530. The minimum Gasteiger partial charge on any atom is -0.481 e. The van der Waals surface area contributed by atoms with E-state index >= 15 is 0 Å². The van der Waals surface area contributed by atoms with Gasteiger partial charge in [-0.15, -0.1) is 0 Å². The van der Waals surface area contributed by atoms with Gasteiger partial charge in [-0.2, -0.15) is 0 Å². The van der Waals surface area contributed by atoms with Crippen molar-refractivity contribution in [2.75, 3.05) is 0 Å². The van der Waals surface area contributed by atoms with Crippen molar-refractivity contribution in [3.63, 3.8) is 0 Å². The number of carboxylic acid groups (broad SMARTS) is 1. The molecule has 0 aromatic rings. The van der Waals surface area contributed by atoms with Gasteiger partial charge in [-0.05, 0) is 61.2 Å². The second-order valence-corrected chi connectivity index (χ2v) is 5.91. The van der Waals surface area contributed by atoms with E-state index in [1.165, 1.54) is 38.5 Å². The van der Waals surface area contributed by atoms with E-state index in [1.807, 2.05) is 0 Å². The third-order valence-electron chi connectivity index (χ3n) is 5.35. The van der Waals surface area contributed by atoms with Gasteiger partial charge in [0.25, 0.3) is 0 Å². The summed E-state index contributed by atoms with van der Waals surface area (Å²) in [7, 11) is 0. The summed E-state index contributed by atoms with van der Waals surface area (Å²) in [5, 5.41) is 9.32. The largest absolute Gasteiger partial charge is 0.481 e. The van der Waals surface area contributed by atoms with Crippen molar-refractivity contribution < 1.29 is 9.90 Å². The average molecular weight is 192 g/mol. The lowest BCUT2D eigenvalue weighted by Gasteiger charge is -2.15. The first-order valence-electron chi connectivity index (χ1n) is 5.96. The fourth-order valence-corrected chi connectivity index (χ4v) is 4.68. The molecule has 2 heteroatoms. The average Bonchev–Trinajstić information content (AvgIpc) is 3.05. The molecule has 0 amide bonds. The summed E-state index contributed by atoms with van der Waals surface area (Å²) in [4.78, 5) is 11.3. The first-order chi connectivity index (χ1) is 6.73. The summed E-state index contributed by atoms with van der Waals surface area (Å²) in [5.41, 5.74) is 0.639. The number of carboxylic acids is 1. The predicted octanol–water partition coefficient (Wildman–Crippen LogP) is 2.29. The van der Waals surface area contributed by atoms with Crippen LogP contribution in [0.15, 0.2) is 0 Å². The van der Waals surface area contributed by atoms with E-state index in [4.69, 9.17) is 0 Å². The highest BCUT2D eigenvalue weighted by atomic mass is 16.4. The molecule has 1 unspecified atom stereocenters. The lowest BCUT2D eigenvalue weighted by atomic mass is 9.88. The second-order valence-electron chi connectivity index (χ2n) is 5.91. The predicted molar refractivity (Wildman–Crippen MR) is 50.7 cm³/mol. The topological polar surface area (TPSA) is 37.3 Å². The molecule has 1 N–H and O–H groups in total. The fourth-order valence-electron chi connectivity index (χ4n) is 4.68. The van der Waals surface area contributed by atoms with Crippen molar-refractivity contribution in [1.29, 1.82) is 0 Å². The van der Waals surface area contributed by atoms with E-state index in [2.05, 4.69) is 0 Å². The van der Waals surface area contributed by atoms with Crippen molar-refractivity contribution in [2.45, 2.75) is 38.5 Å². The van der Waals surface area contributed by atoms with Crippen LogP contribution in [0, 0.1) is 28.6 Å². The summed E-state index contributed by atoms with van der Waals surface area (Å²) in [5.74, 6) is 1.19. The molecule has 4 rings (SSSR count). The van der Waals surface area contributed by atoms with Crippen LogP contribution in [-0.4, -0.2) is 11.1 Å². The van der Waals surface area contributed by atoms with Gasteiger partial charge in [-0.25, -0.2) is 0 Å². The molecular weight excluding hydrogens is 176 g/mol. The first-order valence-corrected chi connectivity index (χ1v) is 5.96. The number of carbonyl (C=O) groups is 1. The lowest BCUT2D eigenvalue weighted by molar-refractivity contribution is -0.140. The van der Waals surface area contributed by atoms with Crippen LogP contribution in [0.25, 0.3) is 0 Å². The summed E-state index contributed by atoms with van der Waals surface area (Å²) >= 11 is 0. The SMILES string of the molecule is O=C(O)C1C2(CC2)C1(C1CC1)C1CC1. The van der Waals surface area contributed by atoms with Crippen LogP contribution in [0.3, 0.4) is 0 Å². The quantitative estimate of drug-likeness (QED) is 0.745. The van der Waals surface area contributed by atoms with Gasteiger partial charge < -0.3 is 5.11 Å². The molecule has 0 radical (unpaired) electrons. The molecule has 4 fully saturated rings. The number of hydrogen-bond donors (Lipinski definition) is 1. The van der Waals surface area contributed by atoms with Crippen LogP contribution in [0.5, 0.6) is 0 Å². The van der Waals surface area contributed by atoms with Gasteiger partial charge in [0.2, 0.25) is 0 Å². The maximum absolute atomic E-state index is 11.3. The molecule has 0 heterocycles. The van der Waals surface area contributed by atoms with Crippen LogP contribution in [-0.2, 0) is 4.79 Å².